The maximum atomic E-state index is 13.0. The molecule has 26 heavy (non-hydrogen) atoms. The van der Waals surface area contributed by atoms with Crippen molar-refractivity contribution >= 4 is 5.91 Å². The van der Waals surface area contributed by atoms with E-state index in [0.717, 1.165) is 32.4 Å². The lowest BCUT2D eigenvalue weighted by Crippen LogP contribution is -2.55. The van der Waals surface area contributed by atoms with Gasteiger partial charge in [-0.3, -0.25) is 9.69 Å². The highest BCUT2D eigenvalue weighted by Crippen LogP contribution is 2.24. The number of β-amino-alcohol motifs (C(OH)–C–C–N with tert-alkyl or cyclic N) is 1. The Labute approximate surface area is 154 Å². The normalized spacial score (nSPS) is 27.3. The standard InChI is InChI=1S/C20H29FN2O3/c1-16-5-2-3-12-23(16)19(24)13-22-11-4-10-20(25,14-22)15-26-18-8-6-17(21)7-9-18/h6-9,16,25H,2-5,10-15H2,1H3. The summed E-state index contributed by atoms with van der Waals surface area (Å²) in [5, 5.41) is 10.9. The van der Waals surface area contributed by atoms with E-state index >= 15 is 0 Å². The summed E-state index contributed by atoms with van der Waals surface area (Å²) < 4.78 is 18.6. The van der Waals surface area contributed by atoms with E-state index in [0.29, 0.717) is 31.3 Å². The quantitative estimate of drug-likeness (QED) is 0.872. The number of nitrogens with zero attached hydrogens (tertiary/aromatic N) is 2. The molecule has 0 spiro atoms. The van der Waals surface area contributed by atoms with Crippen molar-refractivity contribution in [3.63, 3.8) is 0 Å². The van der Waals surface area contributed by atoms with Crippen LogP contribution in [0.2, 0.25) is 0 Å². The van der Waals surface area contributed by atoms with Gasteiger partial charge in [0.15, 0.2) is 0 Å². The molecule has 0 bridgehead atoms. The number of hydrogen-bond donors (Lipinski definition) is 1. The van der Waals surface area contributed by atoms with Gasteiger partial charge in [0.1, 0.15) is 23.8 Å². The fraction of sp³-hybridized carbons (Fsp3) is 0.650. The second-order valence-electron chi connectivity index (χ2n) is 7.71. The van der Waals surface area contributed by atoms with Crippen molar-refractivity contribution in [1.82, 2.24) is 9.80 Å². The van der Waals surface area contributed by atoms with Crippen molar-refractivity contribution in [3.8, 4) is 5.75 Å². The Morgan fingerprint density at radius 1 is 1.27 bits per heavy atom. The van der Waals surface area contributed by atoms with Crippen molar-refractivity contribution < 1.29 is 19.0 Å². The van der Waals surface area contributed by atoms with Gasteiger partial charge in [0.25, 0.3) is 0 Å². The number of piperidine rings is 2. The molecule has 1 aromatic rings. The molecule has 2 atom stereocenters. The van der Waals surface area contributed by atoms with E-state index in [1.807, 2.05) is 9.80 Å². The number of rotatable bonds is 5. The minimum Gasteiger partial charge on any atom is -0.491 e. The number of ether oxygens (including phenoxy) is 1. The predicted octanol–water partition coefficient (Wildman–Crippen LogP) is 2.43. The van der Waals surface area contributed by atoms with Crippen LogP contribution in [-0.4, -0.2) is 65.2 Å². The van der Waals surface area contributed by atoms with Crippen molar-refractivity contribution in [2.45, 2.75) is 50.7 Å². The third-order valence-corrected chi connectivity index (χ3v) is 5.44. The third-order valence-electron chi connectivity index (χ3n) is 5.44. The number of benzene rings is 1. The number of carbonyl (C=O) groups excluding carboxylic acids is 1. The highest BCUT2D eigenvalue weighted by Gasteiger charge is 2.35. The Kier molecular flexibility index (Phi) is 6.14. The SMILES string of the molecule is CC1CCCCN1C(=O)CN1CCCC(O)(COc2ccc(F)cc2)C1. The summed E-state index contributed by atoms with van der Waals surface area (Å²) in [5.74, 6) is 0.376. The molecule has 2 heterocycles. The lowest BCUT2D eigenvalue weighted by Gasteiger charge is -2.40. The van der Waals surface area contributed by atoms with Crippen LogP contribution >= 0.6 is 0 Å². The summed E-state index contributed by atoms with van der Waals surface area (Å²) in [6.45, 7) is 4.67. The summed E-state index contributed by atoms with van der Waals surface area (Å²) in [6, 6.07) is 6.10. The molecule has 0 radical (unpaired) electrons. The summed E-state index contributed by atoms with van der Waals surface area (Å²) >= 11 is 0. The zero-order valence-corrected chi connectivity index (χ0v) is 15.5. The molecule has 1 N–H and O–H groups in total. The van der Waals surface area contributed by atoms with E-state index in [1.54, 1.807) is 12.1 Å². The largest absolute Gasteiger partial charge is 0.491 e. The van der Waals surface area contributed by atoms with Crippen LogP contribution in [0.15, 0.2) is 24.3 Å². The Morgan fingerprint density at radius 3 is 2.77 bits per heavy atom. The molecule has 1 aromatic carbocycles. The summed E-state index contributed by atoms with van der Waals surface area (Å²) in [4.78, 5) is 16.6. The summed E-state index contributed by atoms with van der Waals surface area (Å²) in [6.07, 6.45) is 4.80. The van der Waals surface area contributed by atoms with Gasteiger partial charge >= 0.3 is 0 Å². The molecule has 3 rings (SSSR count). The smallest absolute Gasteiger partial charge is 0.236 e. The molecule has 2 aliphatic heterocycles. The highest BCUT2D eigenvalue weighted by molar-refractivity contribution is 5.78. The first-order chi connectivity index (χ1) is 12.5. The van der Waals surface area contributed by atoms with Gasteiger partial charge in [0.2, 0.25) is 5.91 Å². The summed E-state index contributed by atoms with van der Waals surface area (Å²) in [5.41, 5.74) is -0.986. The van der Waals surface area contributed by atoms with Gasteiger partial charge in [-0.05, 0) is 69.8 Å². The molecular weight excluding hydrogens is 335 g/mol. The number of amides is 1. The zero-order valence-electron chi connectivity index (χ0n) is 15.5. The van der Waals surface area contributed by atoms with Crippen LogP contribution in [0, 0.1) is 5.82 Å². The molecule has 2 saturated heterocycles. The second kappa shape index (κ2) is 8.35. The van der Waals surface area contributed by atoms with Crippen LogP contribution < -0.4 is 4.74 Å². The topological polar surface area (TPSA) is 53.0 Å². The predicted molar refractivity (Wildman–Crippen MR) is 97.5 cm³/mol. The van der Waals surface area contributed by atoms with Gasteiger partial charge in [-0.2, -0.15) is 0 Å². The van der Waals surface area contributed by atoms with Crippen molar-refractivity contribution in [2.75, 3.05) is 32.8 Å². The fourth-order valence-corrected chi connectivity index (χ4v) is 3.96. The van der Waals surface area contributed by atoms with Crippen molar-refractivity contribution in [1.29, 1.82) is 0 Å². The van der Waals surface area contributed by atoms with Crippen LogP contribution in [0.4, 0.5) is 4.39 Å². The molecular formula is C20H29FN2O3. The van der Waals surface area contributed by atoms with Crippen molar-refractivity contribution in [3.05, 3.63) is 30.1 Å². The minimum absolute atomic E-state index is 0.142. The van der Waals surface area contributed by atoms with Crippen LogP contribution in [0.25, 0.3) is 0 Å². The van der Waals surface area contributed by atoms with E-state index in [-0.39, 0.29) is 18.3 Å². The van der Waals surface area contributed by atoms with Crippen molar-refractivity contribution in [2.24, 2.45) is 0 Å². The van der Waals surface area contributed by atoms with E-state index < -0.39 is 5.60 Å². The van der Waals surface area contributed by atoms with Gasteiger partial charge in [-0.15, -0.1) is 0 Å². The fourth-order valence-electron chi connectivity index (χ4n) is 3.96. The maximum Gasteiger partial charge on any atom is 0.236 e. The van der Waals surface area contributed by atoms with E-state index in [9.17, 15) is 14.3 Å². The average Bonchev–Trinajstić information content (AvgIpc) is 2.62. The molecule has 0 saturated carbocycles. The Hall–Kier alpha value is -1.66. The number of carbonyl (C=O) groups is 1. The molecule has 2 unspecified atom stereocenters. The molecule has 0 aromatic heterocycles. The molecule has 2 fully saturated rings. The number of halogens is 1. The van der Waals surface area contributed by atoms with E-state index in [2.05, 4.69) is 6.92 Å². The van der Waals surface area contributed by atoms with Gasteiger partial charge in [-0.25, -0.2) is 4.39 Å². The van der Waals surface area contributed by atoms with Crippen LogP contribution in [0.1, 0.15) is 39.0 Å². The minimum atomic E-state index is -0.986. The second-order valence-corrected chi connectivity index (χ2v) is 7.71. The van der Waals surface area contributed by atoms with Gasteiger partial charge in [0.05, 0.1) is 6.54 Å². The lowest BCUT2D eigenvalue weighted by atomic mass is 9.93. The number of likely N-dealkylation sites (tertiary alicyclic amines) is 2. The molecule has 2 aliphatic rings. The molecule has 0 aliphatic carbocycles. The lowest BCUT2D eigenvalue weighted by molar-refractivity contribution is -0.138. The highest BCUT2D eigenvalue weighted by atomic mass is 19.1. The molecule has 5 nitrogen and oxygen atoms in total. The van der Waals surface area contributed by atoms with Crippen LogP contribution in [0.5, 0.6) is 5.75 Å². The van der Waals surface area contributed by atoms with Gasteiger partial charge in [0, 0.05) is 19.1 Å². The van der Waals surface area contributed by atoms with E-state index in [1.165, 1.54) is 18.6 Å². The number of hydrogen-bond acceptors (Lipinski definition) is 4. The molecule has 1 amide bonds. The molecule has 144 valence electrons. The third kappa shape index (κ3) is 4.95. The maximum absolute atomic E-state index is 13.0. The van der Waals surface area contributed by atoms with Crippen LogP contribution in [-0.2, 0) is 4.79 Å². The molecule has 6 heteroatoms. The Balaban J connectivity index is 1.52. The first-order valence-corrected chi connectivity index (χ1v) is 9.58. The monoisotopic (exact) mass is 364 g/mol. The first-order valence-electron chi connectivity index (χ1n) is 9.58. The van der Waals surface area contributed by atoms with Gasteiger partial charge in [-0.1, -0.05) is 0 Å². The summed E-state index contributed by atoms with van der Waals surface area (Å²) in [7, 11) is 0. The number of aliphatic hydroxyl groups is 1. The van der Waals surface area contributed by atoms with Gasteiger partial charge < -0.3 is 14.7 Å². The van der Waals surface area contributed by atoms with E-state index in [4.69, 9.17) is 4.74 Å². The Bertz CT molecular complexity index is 610. The Morgan fingerprint density at radius 2 is 2.04 bits per heavy atom. The zero-order chi connectivity index (χ0) is 18.6. The first kappa shape index (κ1) is 19.1. The van der Waals surface area contributed by atoms with Crippen LogP contribution in [0.3, 0.4) is 0 Å². The average molecular weight is 364 g/mol.